The smallest absolute Gasteiger partial charge is 0.335 e. The predicted molar refractivity (Wildman–Crippen MR) is 186 cm³/mol. The Bertz CT molecular complexity index is 1170. The summed E-state index contributed by atoms with van der Waals surface area (Å²) in [6.45, 7) is 8.73. The Balaban J connectivity index is 1.19. The first-order chi connectivity index (χ1) is 21.9. The van der Waals surface area contributed by atoms with Crippen LogP contribution in [0.5, 0.6) is 0 Å². The van der Waals surface area contributed by atoms with E-state index in [1.54, 1.807) is 18.2 Å². The Morgan fingerprint density at radius 3 is 2.09 bits per heavy atom. The molecule has 0 aromatic heterocycles. The minimum absolute atomic E-state index is 0.112. The Morgan fingerprint density at radius 2 is 1.47 bits per heavy atom. The molecule has 2 fully saturated rings. The zero-order valence-electron chi connectivity index (χ0n) is 28.5. The van der Waals surface area contributed by atoms with Crippen LogP contribution in [0.15, 0.2) is 54.6 Å². The molecule has 2 aliphatic carbocycles. The van der Waals surface area contributed by atoms with E-state index in [9.17, 15) is 4.79 Å². The summed E-state index contributed by atoms with van der Waals surface area (Å²) in [5, 5.41) is 9.14. The van der Waals surface area contributed by atoms with E-state index in [1.165, 1.54) is 93.7 Å². The highest BCUT2D eigenvalue weighted by molar-refractivity contribution is 5.87. The zero-order chi connectivity index (χ0) is 32.0. The van der Waals surface area contributed by atoms with Gasteiger partial charge in [-0.3, -0.25) is 0 Å². The first-order valence-corrected chi connectivity index (χ1v) is 18.1. The van der Waals surface area contributed by atoms with Gasteiger partial charge in [0.05, 0.1) is 25.4 Å². The normalized spacial score (nSPS) is 22.6. The number of aliphatic hydroxyl groups excluding tert-OH is 1. The first-order valence-electron chi connectivity index (χ1n) is 18.1. The van der Waals surface area contributed by atoms with Gasteiger partial charge in [0, 0.05) is 13.0 Å². The van der Waals surface area contributed by atoms with Crippen LogP contribution >= 0.6 is 0 Å². The number of carbonyl (C=O) groups excluding carboxylic acids is 1. The van der Waals surface area contributed by atoms with E-state index in [-0.39, 0.29) is 18.1 Å². The third kappa shape index (κ3) is 10.5. The van der Waals surface area contributed by atoms with Gasteiger partial charge in [0.25, 0.3) is 0 Å². The van der Waals surface area contributed by atoms with Crippen molar-refractivity contribution in [2.75, 3.05) is 26.9 Å². The summed E-state index contributed by atoms with van der Waals surface area (Å²) in [6, 6.07) is 16.8. The molecule has 1 unspecified atom stereocenters. The van der Waals surface area contributed by atoms with E-state index in [4.69, 9.17) is 14.6 Å². The number of ether oxygens (including phenoxy) is 2. The van der Waals surface area contributed by atoms with Crippen LogP contribution in [0, 0.1) is 23.7 Å². The highest BCUT2D eigenvalue weighted by atomic mass is 16.5. The lowest BCUT2D eigenvalue weighted by atomic mass is 9.67. The number of hydrogen-bond donors (Lipinski definition) is 1. The topological polar surface area (TPSA) is 55.8 Å². The lowest BCUT2D eigenvalue weighted by molar-refractivity contribution is -0.142. The molecule has 4 nitrogen and oxygen atoms in total. The molecule has 0 radical (unpaired) electrons. The fraction of sp³-hybridized carbons (Fsp3) is 0.634. The average molecular weight is 617 g/mol. The van der Waals surface area contributed by atoms with Crippen LogP contribution in [0.1, 0.15) is 118 Å². The van der Waals surface area contributed by atoms with Crippen LogP contribution in [0.3, 0.4) is 0 Å². The second-order valence-corrected chi connectivity index (χ2v) is 14.0. The van der Waals surface area contributed by atoms with Crippen molar-refractivity contribution in [1.82, 2.24) is 0 Å². The van der Waals surface area contributed by atoms with E-state index in [0.29, 0.717) is 25.0 Å². The van der Waals surface area contributed by atoms with Crippen LogP contribution in [-0.2, 0) is 40.0 Å². The maximum atomic E-state index is 12.0. The minimum atomic E-state index is -0.497. The van der Waals surface area contributed by atoms with Gasteiger partial charge in [0.1, 0.15) is 0 Å². The van der Waals surface area contributed by atoms with Crippen LogP contribution < -0.4 is 0 Å². The lowest BCUT2D eigenvalue weighted by Gasteiger charge is -2.39. The van der Waals surface area contributed by atoms with Crippen molar-refractivity contribution in [2.24, 2.45) is 23.7 Å². The second-order valence-electron chi connectivity index (χ2n) is 14.0. The van der Waals surface area contributed by atoms with Crippen LogP contribution in [0.2, 0.25) is 0 Å². The summed E-state index contributed by atoms with van der Waals surface area (Å²) in [5.41, 5.74) is 7.67. The summed E-state index contributed by atoms with van der Waals surface area (Å²) in [5.74, 6) is 2.60. The molecule has 0 amide bonds. The summed E-state index contributed by atoms with van der Waals surface area (Å²) >= 11 is 0. The standard InChI is InChI=1S/C41H60O4/c1-5-7-8-9-34-17-14-32(26-33(34)6-2)11-10-31-12-15-35(16-13-31)36-18-20-37(21-19-36)38-22-24-39(25-23-38)40(28-44-4)29-45-41(43)30(3)27-42/h12-17,26,36-40,42H,3,5-11,18-25,27-29H2,1-2,4H3. The van der Waals surface area contributed by atoms with Crippen LogP contribution in [0.4, 0.5) is 0 Å². The Labute approximate surface area is 274 Å². The molecule has 4 heteroatoms. The van der Waals surface area contributed by atoms with Crippen molar-refractivity contribution < 1.29 is 19.4 Å². The lowest BCUT2D eigenvalue weighted by Crippen LogP contribution is -2.32. The van der Waals surface area contributed by atoms with Crippen molar-refractivity contribution in [2.45, 2.75) is 116 Å². The third-order valence-corrected chi connectivity index (χ3v) is 11.1. The molecule has 2 aromatic rings. The molecular formula is C41H60O4. The van der Waals surface area contributed by atoms with Gasteiger partial charge in [-0.1, -0.05) is 75.7 Å². The molecule has 248 valence electrons. The van der Waals surface area contributed by atoms with Crippen molar-refractivity contribution in [3.05, 3.63) is 82.4 Å². The number of unbranched alkanes of at least 4 members (excludes halogenated alkanes) is 2. The van der Waals surface area contributed by atoms with Crippen molar-refractivity contribution in [3.8, 4) is 0 Å². The molecule has 1 atom stereocenters. The molecule has 0 spiro atoms. The molecule has 2 aromatic carbocycles. The van der Waals surface area contributed by atoms with E-state index in [0.717, 1.165) is 31.1 Å². The Kier molecular flexibility index (Phi) is 14.7. The van der Waals surface area contributed by atoms with E-state index in [2.05, 4.69) is 62.9 Å². The monoisotopic (exact) mass is 616 g/mol. The third-order valence-electron chi connectivity index (χ3n) is 11.1. The highest BCUT2D eigenvalue weighted by Gasteiger charge is 2.34. The summed E-state index contributed by atoms with van der Waals surface area (Å²) in [4.78, 5) is 12.0. The highest BCUT2D eigenvalue weighted by Crippen LogP contribution is 2.45. The van der Waals surface area contributed by atoms with E-state index >= 15 is 0 Å². The molecule has 2 saturated carbocycles. The van der Waals surface area contributed by atoms with E-state index in [1.807, 2.05) is 0 Å². The minimum Gasteiger partial charge on any atom is -0.462 e. The summed E-state index contributed by atoms with van der Waals surface area (Å²) in [6.07, 6.45) is 18.7. The molecule has 45 heavy (non-hydrogen) atoms. The van der Waals surface area contributed by atoms with Gasteiger partial charge >= 0.3 is 5.97 Å². The van der Waals surface area contributed by atoms with Gasteiger partial charge in [-0.25, -0.2) is 4.79 Å². The molecule has 0 aliphatic heterocycles. The predicted octanol–water partition coefficient (Wildman–Crippen LogP) is 9.20. The molecule has 0 heterocycles. The maximum Gasteiger partial charge on any atom is 0.335 e. The molecule has 2 aliphatic rings. The number of esters is 1. The van der Waals surface area contributed by atoms with Crippen molar-refractivity contribution in [3.63, 3.8) is 0 Å². The zero-order valence-corrected chi connectivity index (χ0v) is 28.5. The number of rotatable bonds is 17. The van der Waals surface area contributed by atoms with Gasteiger partial charge < -0.3 is 14.6 Å². The van der Waals surface area contributed by atoms with Gasteiger partial charge in [0.2, 0.25) is 0 Å². The number of hydrogen-bond acceptors (Lipinski definition) is 4. The SMILES string of the molecule is C=C(CO)C(=O)OCC(COC)C1CCC(C2CCC(c3ccc(CCc4ccc(CCCCC)c(CC)c4)cc3)CC2)CC1. The van der Waals surface area contributed by atoms with Gasteiger partial charge in [-0.15, -0.1) is 0 Å². The molecule has 0 bridgehead atoms. The van der Waals surface area contributed by atoms with Crippen LogP contribution in [-0.4, -0.2) is 38.0 Å². The summed E-state index contributed by atoms with van der Waals surface area (Å²) < 4.78 is 10.9. The quantitative estimate of drug-likeness (QED) is 0.109. The number of carbonyl (C=O) groups is 1. The molecular weight excluding hydrogens is 556 g/mol. The van der Waals surface area contributed by atoms with E-state index < -0.39 is 5.97 Å². The molecule has 4 rings (SSSR count). The summed E-state index contributed by atoms with van der Waals surface area (Å²) in [7, 11) is 1.72. The second kappa shape index (κ2) is 18.6. The van der Waals surface area contributed by atoms with Gasteiger partial charge in [-0.05, 0) is 135 Å². The molecule has 0 saturated heterocycles. The van der Waals surface area contributed by atoms with Gasteiger partial charge in [-0.2, -0.15) is 0 Å². The maximum absolute atomic E-state index is 12.0. The number of benzene rings is 2. The fourth-order valence-electron chi connectivity index (χ4n) is 8.11. The average Bonchev–Trinajstić information content (AvgIpc) is 3.09. The Hall–Kier alpha value is -2.43. The Morgan fingerprint density at radius 1 is 0.822 bits per heavy atom. The fourth-order valence-corrected chi connectivity index (χ4v) is 8.11. The molecule has 1 N–H and O–H groups in total. The van der Waals surface area contributed by atoms with Crippen molar-refractivity contribution >= 4 is 5.97 Å². The largest absolute Gasteiger partial charge is 0.462 e. The van der Waals surface area contributed by atoms with Crippen molar-refractivity contribution in [1.29, 1.82) is 0 Å². The number of aliphatic hydroxyl groups is 1. The first kappa shape index (κ1) is 35.4. The number of methoxy groups -OCH3 is 1. The number of aryl methyl sites for hydroxylation is 4. The van der Waals surface area contributed by atoms with Crippen LogP contribution in [0.25, 0.3) is 0 Å². The van der Waals surface area contributed by atoms with Gasteiger partial charge in [0.15, 0.2) is 0 Å².